The second-order valence-corrected chi connectivity index (χ2v) is 10.7. The van der Waals surface area contributed by atoms with Crippen LogP contribution in [0.4, 0.5) is 10.2 Å². The minimum absolute atomic E-state index is 0.178. The molecule has 0 saturated heterocycles. The Morgan fingerprint density at radius 1 is 1.32 bits per heavy atom. The van der Waals surface area contributed by atoms with Crippen molar-refractivity contribution in [2.75, 3.05) is 11.9 Å². The lowest BCUT2D eigenvalue weighted by Gasteiger charge is -2.26. The lowest BCUT2D eigenvalue weighted by Crippen LogP contribution is -2.32. The number of hydrogen-bond acceptors (Lipinski definition) is 7. The summed E-state index contributed by atoms with van der Waals surface area (Å²) < 4.78 is 20.6. The first-order chi connectivity index (χ1) is 16.3. The number of aliphatic hydroxyl groups excluding tert-OH is 1. The fraction of sp³-hybridized carbons (Fsp3) is 0.400. The van der Waals surface area contributed by atoms with Crippen molar-refractivity contribution in [1.82, 2.24) is 9.97 Å². The van der Waals surface area contributed by atoms with E-state index in [1.165, 1.54) is 29.4 Å². The number of anilines is 1. The normalized spacial score (nSPS) is 26.3. The van der Waals surface area contributed by atoms with E-state index in [0.29, 0.717) is 22.9 Å². The van der Waals surface area contributed by atoms with Crippen LogP contribution in [0.5, 0.6) is 0 Å². The number of aryl methyl sites for hydroxylation is 1. The van der Waals surface area contributed by atoms with Gasteiger partial charge < -0.3 is 15.2 Å². The molecule has 1 saturated carbocycles. The highest BCUT2D eigenvalue weighted by Crippen LogP contribution is 2.39. The number of benzene rings is 1. The summed E-state index contributed by atoms with van der Waals surface area (Å²) in [5.74, 6) is -0.151. The fourth-order valence-electron chi connectivity index (χ4n) is 4.82. The van der Waals surface area contributed by atoms with Crippen LogP contribution in [0.3, 0.4) is 0 Å². The number of carbonyl (C=O) groups is 1. The van der Waals surface area contributed by atoms with E-state index >= 15 is 0 Å². The van der Waals surface area contributed by atoms with Gasteiger partial charge in [0.25, 0.3) is 0 Å². The average molecular weight is 502 g/mol. The number of nitrogens with zero attached hydrogens (tertiary/aromatic N) is 2. The van der Waals surface area contributed by atoms with Gasteiger partial charge in [-0.25, -0.2) is 14.4 Å². The van der Waals surface area contributed by atoms with Crippen LogP contribution in [0.15, 0.2) is 36.8 Å². The molecule has 2 aromatic heterocycles. The Labute approximate surface area is 206 Å². The quantitative estimate of drug-likeness (QED) is 0.483. The Kier molecular flexibility index (Phi) is 6.41. The molecule has 3 aromatic rings. The number of thiophene rings is 1. The highest BCUT2D eigenvalue weighted by atomic mass is 35.5. The number of fused-ring (bicyclic) bond motifs is 1. The molecule has 6 nitrogen and oxygen atoms in total. The number of ether oxygens (including phenoxy) is 1. The third-order valence-electron chi connectivity index (χ3n) is 6.71. The van der Waals surface area contributed by atoms with E-state index in [0.717, 1.165) is 22.4 Å². The molecule has 9 heteroatoms. The van der Waals surface area contributed by atoms with E-state index in [1.54, 1.807) is 6.92 Å². The standard InChI is InChI=1S/C25H25ClFN3O3S/c1-12-7-19(21(27)22(12)31)30-25-18(10-28-11-29-25)23(32)20-9-16(13(2)34-20)24-17-8-15(26)4-3-14(17)5-6-33-24/h3-4,8-12,19,21-22,24,31H,5-7H2,1-2H3,(H,28,29,30)/t12-,19-,21-,22-,24-/m1/s1. The van der Waals surface area contributed by atoms with Gasteiger partial charge in [0.05, 0.1) is 29.2 Å². The van der Waals surface area contributed by atoms with E-state index in [1.807, 2.05) is 31.2 Å². The van der Waals surface area contributed by atoms with Crippen molar-refractivity contribution >= 4 is 34.5 Å². The molecule has 2 N–H and O–H groups in total. The second kappa shape index (κ2) is 9.34. The molecule has 2 aliphatic rings. The molecule has 1 fully saturated rings. The molecule has 1 aliphatic heterocycles. The van der Waals surface area contributed by atoms with Crippen molar-refractivity contribution in [1.29, 1.82) is 0 Å². The number of rotatable bonds is 5. The van der Waals surface area contributed by atoms with Gasteiger partial charge in [0.1, 0.15) is 24.4 Å². The molecule has 0 spiro atoms. The number of aromatic nitrogens is 2. The van der Waals surface area contributed by atoms with Gasteiger partial charge in [0.2, 0.25) is 5.78 Å². The van der Waals surface area contributed by atoms with Gasteiger partial charge in [0.15, 0.2) is 0 Å². The van der Waals surface area contributed by atoms with Gasteiger partial charge in [-0.15, -0.1) is 11.3 Å². The minimum atomic E-state index is -1.43. The van der Waals surface area contributed by atoms with Crippen LogP contribution in [0.25, 0.3) is 0 Å². The maximum atomic E-state index is 14.5. The van der Waals surface area contributed by atoms with Crippen molar-refractivity contribution in [3.8, 4) is 0 Å². The van der Waals surface area contributed by atoms with Crippen molar-refractivity contribution in [2.24, 2.45) is 5.92 Å². The highest BCUT2D eigenvalue weighted by Gasteiger charge is 2.41. The third kappa shape index (κ3) is 4.24. The van der Waals surface area contributed by atoms with Crippen LogP contribution in [0, 0.1) is 12.8 Å². The fourth-order valence-corrected chi connectivity index (χ4v) is 6.00. The molecule has 1 aromatic carbocycles. The van der Waals surface area contributed by atoms with Gasteiger partial charge in [-0.05, 0) is 60.6 Å². The first kappa shape index (κ1) is 23.4. The number of hydrogen-bond donors (Lipinski definition) is 2. The smallest absolute Gasteiger partial charge is 0.208 e. The summed E-state index contributed by atoms with van der Waals surface area (Å²) in [7, 11) is 0. The van der Waals surface area contributed by atoms with E-state index < -0.39 is 18.3 Å². The lowest BCUT2D eigenvalue weighted by molar-refractivity contribution is 0.0697. The van der Waals surface area contributed by atoms with Crippen LogP contribution in [0.1, 0.15) is 56.3 Å². The number of alkyl halides is 1. The number of aliphatic hydroxyl groups is 1. The molecule has 178 valence electrons. The predicted molar refractivity (Wildman–Crippen MR) is 130 cm³/mol. The molecular weight excluding hydrogens is 477 g/mol. The first-order valence-electron chi connectivity index (χ1n) is 11.3. The molecule has 0 unspecified atom stereocenters. The van der Waals surface area contributed by atoms with Gasteiger partial charge in [0, 0.05) is 16.1 Å². The van der Waals surface area contributed by atoms with Gasteiger partial charge >= 0.3 is 0 Å². The highest BCUT2D eigenvalue weighted by molar-refractivity contribution is 7.14. The summed E-state index contributed by atoms with van der Waals surface area (Å²) in [6.07, 6.45) is 1.27. The van der Waals surface area contributed by atoms with Gasteiger partial charge in [-0.1, -0.05) is 24.6 Å². The van der Waals surface area contributed by atoms with E-state index in [9.17, 15) is 14.3 Å². The summed E-state index contributed by atoms with van der Waals surface area (Å²) in [4.78, 5) is 23.2. The van der Waals surface area contributed by atoms with E-state index in [2.05, 4.69) is 15.3 Å². The Hall–Kier alpha value is -2.39. The topological polar surface area (TPSA) is 84.3 Å². The Bertz CT molecular complexity index is 1240. The summed E-state index contributed by atoms with van der Waals surface area (Å²) in [5.41, 5.74) is 3.41. The van der Waals surface area contributed by atoms with Crippen LogP contribution in [-0.2, 0) is 11.2 Å². The van der Waals surface area contributed by atoms with Gasteiger partial charge in [-0.3, -0.25) is 4.79 Å². The monoisotopic (exact) mass is 501 g/mol. The molecular formula is C25H25ClFN3O3S. The zero-order valence-corrected chi connectivity index (χ0v) is 20.4. The maximum Gasteiger partial charge on any atom is 0.208 e. The summed E-state index contributed by atoms with van der Waals surface area (Å²) in [6, 6.07) is 7.08. The van der Waals surface area contributed by atoms with E-state index in [-0.39, 0.29) is 29.2 Å². The zero-order valence-electron chi connectivity index (χ0n) is 18.8. The Morgan fingerprint density at radius 3 is 2.91 bits per heavy atom. The van der Waals surface area contributed by atoms with Gasteiger partial charge in [-0.2, -0.15) is 0 Å². The van der Waals surface area contributed by atoms with Crippen LogP contribution < -0.4 is 5.32 Å². The van der Waals surface area contributed by atoms with Crippen LogP contribution in [-0.4, -0.2) is 45.8 Å². The first-order valence-corrected chi connectivity index (χ1v) is 12.5. The van der Waals surface area contributed by atoms with Crippen molar-refractivity contribution in [3.05, 3.63) is 73.8 Å². The molecule has 34 heavy (non-hydrogen) atoms. The van der Waals surface area contributed by atoms with Crippen LogP contribution in [0.2, 0.25) is 5.02 Å². The summed E-state index contributed by atoms with van der Waals surface area (Å²) in [6.45, 7) is 4.36. The molecule has 5 atom stereocenters. The van der Waals surface area contributed by atoms with Crippen molar-refractivity contribution in [3.63, 3.8) is 0 Å². The maximum absolute atomic E-state index is 14.5. The number of ketones is 1. The summed E-state index contributed by atoms with van der Waals surface area (Å²) >= 11 is 7.63. The number of nitrogens with one attached hydrogen (secondary N) is 1. The third-order valence-corrected chi connectivity index (χ3v) is 8.01. The SMILES string of the molecule is Cc1sc(C(=O)c2cncnc2N[C@@H]2C[C@@H](C)[C@@H](O)[C@@H]2F)cc1[C@H]1OCCc2ccc(Cl)cc21. The Balaban J connectivity index is 1.44. The molecule has 1 aliphatic carbocycles. The minimum Gasteiger partial charge on any atom is -0.390 e. The van der Waals surface area contributed by atoms with Crippen molar-refractivity contribution < 1.29 is 19.0 Å². The average Bonchev–Trinajstić information content (AvgIpc) is 3.33. The number of carbonyl (C=O) groups excluding carboxylic acids is 1. The van der Waals surface area contributed by atoms with Crippen LogP contribution >= 0.6 is 22.9 Å². The molecule has 0 amide bonds. The largest absolute Gasteiger partial charge is 0.390 e. The summed E-state index contributed by atoms with van der Waals surface area (Å²) in [5, 5.41) is 13.7. The van der Waals surface area contributed by atoms with Crippen molar-refractivity contribution in [2.45, 2.75) is 51.1 Å². The number of halogens is 2. The zero-order chi connectivity index (χ0) is 24.0. The molecule has 0 radical (unpaired) electrons. The lowest BCUT2D eigenvalue weighted by atomic mass is 9.93. The molecule has 5 rings (SSSR count). The second-order valence-electron chi connectivity index (χ2n) is 8.98. The predicted octanol–water partition coefficient (Wildman–Crippen LogP) is 4.91. The Morgan fingerprint density at radius 2 is 2.15 bits per heavy atom. The molecule has 0 bridgehead atoms. The molecule has 3 heterocycles. The van der Waals surface area contributed by atoms with E-state index in [4.69, 9.17) is 16.3 Å².